The van der Waals surface area contributed by atoms with Crippen LogP contribution in [0.4, 0.5) is 26.7 Å². The molecule has 0 bridgehead atoms. The lowest BCUT2D eigenvalue weighted by Gasteiger charge is -2.41. The first-order valence-electron chi connectivity index (χ1n) is 20.1. The van der Waals surface area contributed by atoms with Crippen LogP contribution in [0.5, 0.6) is 0 Å². The first kappa shape index (κ1) is 40.1. The maximum Gasteiger partial charge on any atom is 0.256 e. The van der Waals surface area contributed by atoms with Crippen molar-refractivity contribution in [1.82, 2.24) is 30.0 Å². The maximum atomic E-state index is 14.6. The molecule has 13 nitrogen and oxygen atoms in total. The second kappa shape index (κ2) is 17.7. The predicted octanol–water partition coefficient (Wildman–Crippen LogP) is 5.10. The van der Waals surface area contributed by atoms with E-state index in [1.807, 2.05) is 29.6 Å². The van der Waals surface area contributed by atoms with Gasteiger partial charge in [-0.25, -0.2) is 14.4 Å². The van der Waals surface area contributed by atoms with Crippen molar-refractivity contribution in [3.63, 3.8) is 0 Å². The SMILES string of the molecule is O=C1CC[C@@H](c2ccc(N3CCC(O)(CCN4CCN(c5cc(CN6CCN(C(=O)c7cccc(Cl)c7F)CC6)nc(Nc6nccs6)c5)CC4)CC3)cc2)C(=O)N1. The first-order chi connectivity index (χ1) is 28.1. The number of halogens is 2. The largest absolute Gasteiger partial charge is 0.390 e. The van der Waals surface area contributed by atoms with Crippen molar-refractivity contribution in [2.75, 3.05) is 87.1 Å². The van der Waals surface area contributed by atoms with Crippen LogP contribution < -0.4 is 20.4 Å². The minimum atomic E-state index is -0.707. The molecule has 0 aliphatic carbocycles. The zero-order valence-electron chi connectivity index (χ0n) is 32.4. The van der Waals surface area contributed by atoms with Gasteiger partial charge in [0, 0.05) is 114 Å². The summed E-state index contributed by atoms with van der Waals surface area (Å²) in [6.45, 7) is 8.67. The Balaban J connectivity index is 0.826. The number of aromatic nitrogens is 2. The summed E-state index contributed by atoms with van der Waals surface area (Å²) in [5.41, 5.74) is 3.31. The van der Waals surface area contributed by atoms with E-state index in [0.717, 1.165) is 85.8 Å². The Kier molecular flexibility index (Phi) is 12.2. The molecule has 4 aromatic rings. The number of carbonyl (C=O) groups excluding carboxylic acids is 3. The highest BCUT2D eigenvalue weighted by Gasteiger charge is 2.34. The van der Waals surface area contributed by atoms with Crippen molar-refractivity contribution in [3.8, 4) is 0 Å². The van der Waals surface area contributed by atoms with E-state index in [4.69, 9.17) is 16.6 Å². The molecule has 3 amide bonds. The number of hydrogen-bond acceptors (Lipinski definition) is 12. The summed E-state index contributed by atoms with van der Waals surface area (Å²) in [5, 5.41) is 20.0. The third kappa shape index (κ3) is 9.45. The smallest absolute Gasteiger partial charge is 0.256 e. The van der Waals surface area contributed by atoms with E-state index in [0.29, 0.717) is 58.4 Å². The maximum absolute atomic E-state index is 14.6. The summed E-state index contributed by atoms with van der Waals surface area (Å²) < 4.78 is 14.6. The number of benzene rings is 2. The van der Waals surface area contributed by atoms with Crippen LogP contribution in [0.25, 0.3) is 0 Å². The zero-order chi connectivity index (χ0) is 40.2. The normalized spacial score (nSPS) is 20.6. The first-order valence-corrected chi connectivity index (χ1v) is 21.4. The molecule has 2 aromatic heterocycles. The molecule has 0 radical (unpaired) electrons. The molecule has 3 N–H and O–H groups in total. The molecule has 0 spiro atoms. The Morgan fingerprint density at radius 1 is 0.931 bits per heavy atom. The molecule has 2 aromatic carbocycles. The van der Waals surface area contributed by atoms with E-state index >= 15 is 0 Å². The second-order valence-corrected chi connectivity index (χ2v) is 17.0. The summed E-state index contributed by atoms with van der Waals surface area (Å²) >= 11 is 7.45. The molecule has 4 aliphatic rings. The standard InChI is InChI=1S/C42H49ClFN9O4S/c43-35-3-1-2-34(38(35)44)40(56)53-23-19-50(20-24-53)28-30-26-32(27-36(46-30)47-41-45-13-25-58-41)52-21-17-49(18-22-52)14-10-42(57)11-15-51(16-12-42)31-6-4-29(5-7-31)33-8-9-37(54)48-39(33)55/h1-7,13,25-27,33,57H,8-12,14-24,28H2,(H,45,46,47)(H,48,54,55)/t33-/m0/s1. The molecule has 8 rings (SSSR count). The molecule has 16 heteroatoms. The van der Waals surface area contributed by atoms with Crippen molar-refractivity contribution >= 4 is 63.0 Å². The molecule has 1 atom stereocenters. The number of hydrogen-bond donors (Lipinski definition) is 3. The van der Waals surface area contributed by atoms with Gasteiger partial charge in [0.1, 0.15) is 5.82 Å². The van der Waals surface area contributed by atoms with Gasteiger partial charge < -0.3 is 25.1 Å². The number of amides is 3. The third-order valence-corrected chi connectivity index (χ3v) is 13.0. The van der Waals surface area contributed by atoms with Gasteiger partial charge >= 0.3 is 0 Å². The van der Waals surface area contributed by atoms with Gasteiger partial charge in [0.15, 0.2) is 10.9 Å². The van der Waals surface area contributed by atoms with E-state index in [-0.39, 0.29) is 34.2 Å². The fourth-order valence-electron chi connectivity index (χ4n) is 8.43. The van der Waals surface area contributed by atoms with Crippen LogP contribution in [0.15, 0.2) is 66.2 Å². The number of thiazole rings is 1. The van der Waals surface area contributed by atoms with Crippen LogP contribution >= 0.6 is 22.9 Å². The van der Waals surface area contributed by atoms with E-state index < -0.39 is 11.4 Å². The number of nitrogens with one attached hydrogen (secondary N) is 2. The quantitative estimate of drug-likeness (QED) is 0.174. The molecule has 0 saturated carbocycles. The van der Waals surface area contributed by atoms with Gasteiger partial charge in [-0.3, -0.25) is 29.5 Å². The van der Waals surface area contributed by atoms with Crippen LogP contribution in [-0.2, 0) is 16.1 Å². The Hall–Kier alpha value is -4.67. The number of piperazine rings is 2. The molecular weight excluding hydrogens is 781 g/mol. The fraction of sp³-hybridized carbons (Fsp3) is 0.452. The lowest BCUT2D eigenvalue weighted by atomic mass is 9.87. The van der Waals surface area contributed by atoms with Gasteiger partial charge in [-0.2, -0.15) is 0 Å². The molecule has 306 valence electrons. The molecule has 6 heterocycles. The van der Waals surface area contributed by atoms with Gasteiger partial charge in [-0.1, -0.05) is 29.8 Å². The molecule has 4 fully saturated rings. The van der Waals surface area contributed by atoms with Gasteiger partial charge in [-0.05, 0) is 61.6 Å². The Bertz CT molecular complexity index is 2080. The minimum absolute atomic E-state index is 0.000855. The lowest BCUT2D eigenvalue weighted by Crippen LogP contribution is -2.50. The summed E-state index contributed by atoms with van der Waals surface area (Å²) in [6.07, 6.45) is 4.78. The van der Waals surface area contributed by atoms with Crippen LogP contribution in [0.3, 0.4) is 0 Å². The Labute approximate surface area is 346 Å². The molecule has 58 heavy (non-hydrogen) atoms. The van der Waals surface area contributed by atoms with Crippen molar-refractivity contribution < 1.29 is 23.9 Å². The number of imide groups is 1. The van der Waals surface area contributed by atoms with E-state index in [1.54, 1.807) is 17.2 Å². The topological polar surface area (TPSA) is 137 Å². The zero-order valence-corrected chi connectivity index (χ0v) is 34.0. The molecule has 4 saturated heterocycles. The van der Waals surface area contributed by atoms with E-state index in [9.17, 15) is 23.9 Å². The number of carbonyl (C=O) groups is 3. The van der Waals surface area contributed by atoms with Crippen LogP contribution in [0, 0.1) is 5.82 Å². The van der Waals surface area contributed by atoms with Gasteiger partial charge in [0.25, 0.3) is 5.91 Å². The van der Waals surface area contributed by atoms with Gasteiger partial charge in [0.05, 0.1) is 27.8 Å². The lowest BCUT2D eigenvalue weighted by molar-refractivity contribution is -0.134. The Morgan fingerprint density at radius 3 is 2.36 bits per heavy atom. The Morgan fingerprint density at radius 2 is 1.66 bits per heavy atom. The number of pyridine rings is 1. The van der Waals surface area contributed by atoms with Gasteiger partial charge in [-0.15, -0.1) is 11.3 Å². The van der Waals surface area contributed by atoms with Crippen molar-refractivity contribution in [3.05, 3.63) is 93.8 Å². The minimum Gasteiger partial charge on any atom is -0.390 e. The van der Waals surface area contributed by atoms with Crippen molar-refractivity contribution in [1.29, 1.82) is 0 Å². The summed E-state index contributed by atoms with van der Waals surface area (Å²) in [7, 11) is 0. The van der Waals surface area contributed by atoms with Crippen LogP contribution in [-0.4, -0.2) is 125 Å². The average molecular weight is 830 g/mol. The fourth-order valence-corrected chi connectivity index (χ4v) is 9.14. The molecular formula is C42H49ClFN9O4S. The summed E-state index contributed by atoms with van der Waals surface area (Å²) in [6, 6.07) is 16.8. The molecule has 4 aliphatic heterocycles. The number of nitrogens with zero attached hydrogens (tertiary/aromatic N) is 7. The van der Waals surface area contributed by atoms with Crippen molar-refractivity contribution in [2.24, 2.45) is 0 Å². The average Bonchev–Trinajstić information content (AvgIpc) is 3.75. The van der Waals surface area contributed by atoms with Gasteiger partial charge in [0.2, 0.25) is 11.8 Å². The third-order valence-electron chi connectivity index (χ3n) is 12.0. The van der Waals surface area contributed by atoms with E-state index in [2.05, 4.69) is 47.3 Å². The van der Waals surface area contributed by atoms with Crippen LogP contribution in [0.2, 0.25) is 5.02 Å². The summed E-state index contributed by atoms with van der Waals surface area (Å²) in [4.78, 5) is 57.4. The van der Waals surface area contributed by atoms with Crippen molar-refractivity contribution in [2.45, 2.75) is 50.2 Å². The predicted molar refractivity (Wildman–Crippen MR) is 223 cm³/mol. The number of aliphatic hydroxyl groups is 1. The number of rotatable bonds is 11. The highest BCUT2D eigenvalue weighted by Crippen LogP contribution is 2.32. The highest BCUT2D eigenvalue weighted by atomic mass is 35.5. The monoisotopic (exact) mass is 829 g/mol. The highest BCUT2D eigenvalue weighted by molar-refractivity contribution is 7.13. The summed E-state index contributed by atoms with van der Waals surface area (Å²) in [5.74, 6) is -1.01. The number of anilines is 4. The second-order valence-electron chi connectivity index (χ2n) is 15.7. The number of piperidine rings is 2. The van der Waals surface area contributed by atoms with E-state index in [1.165, 1.54) is 23.5 Å². The molecule has 0 unspecified atom stereocenters. The van der Waals surface area contributed by atoms with Crippen LogP contribution in [0.1, 0.15) is 59.6 Å².